The van der Waals surface area contributed by atoms with Crippen LogP contribution in [0.2, 0.25) is 0 Å². The number of benzene rings is 4. The van der Waals surface area contributed by atoms with Crippen LogP contribution >= 0.6 is 0 Å². The first-order valence-corrected chi connectivity index (χ1v) is 14.5. The van der Waals surface area contributed by atoms with Crippen LogP contribution in [0.4, 0.5) is 0 Å². The molecule has 4 aromatic rings. The fourth-order valence-corrected chi connectivity index (χ4v) is 5.12. The Bertz CT molecular complexity index is 1270. The summed E-state index contributed by atoms with van der Waals surface area (Å²) < 4.78 is 19.4. The standard InChI is InChI=1S/C36H42O4/c1-4-34(27-16-10-7-11-17-27)38-24-30-22-23-33(37)32(26-40-36(6-3)29-20-14-9-15-21-29)31(30)25-39-35(5-2)28-18-12-8-13-19-28/h7-23,34-37H,4-6,24-26H2,1-3H3. The molecule has 4 heteroatoms. The van der Waals surface area contributed by atoms with Gasteiger partial charge in [-0.25, -0.2) is 0 Å². The Morgan fingerprint density at radius 1 is 0.475 bits per heavy atom. The normalized spacial score (nSPS) is 13.6. The summed E-state index contributed by atoms with van der Waals surface area (Å²) in [5.74, 6) is 0.216. The topological polar surface area (TPSA) is 47.9 Å². The van der Waals surface area contributed by atoms with E-state index in [-0.39, 0.29) is 30.7 Å². The van der Waals surface area contributed by atoms with E-state index in [9.17, 15) is 5.11 Å². The second-order valence-corrected chi connectivity index (χ2v) is 10.1. The van der Waals surface area contributed by atoms with Crippen LogP contribution in [0.25, 0.3) is 0 Å². The predicted molar refractivity (Wildman–Crippen MR) is 161 cm³/mol. The van der Waals surface area contributed by atoms with E-state index < -0.39 is 0 Å². The number of hydrogen-bond donors (Lipinski definition) is 1. The quantitative estimate of drug-likeness (QED) is 0.164. The molecule has 4 nitrogen and oxygen atoms in total. The van der Waals surface area contributed by atoms with Crippen molar-refractivity contribution >= 4 is 0 Å². The van der Waals surface area contributed by atoms with E-state index in [2.05, 4.69) is 57.2 Å². The Hall–Kier alpha value is -3.44. The molecule has 3 atom stereocenters. The largest absolute Gasteiger partial charge is 0.508 e. The van der Waals surface area contributed by atoms with Crippen molar-refractivity contribution in [2.24, 2.45) is 0 Å². The Labute approximate surface area is 239 Å². The van der Waals surface area contributed by atoms with Gasteiger partial charge in [0.1, 0.15) is 5.75 Å². The molecular weight excluding hydrogens is 496 g/mol. The third-order valence-electron chi connectivity index (χ3n) is 7.43. The third-order valence-corrected chi connectivity index (χ3v) is 7.43. The molecule has 0 spiro atoms. The van der Waals surface area contributed by atoms with Crippen molar-refractivity contribution in [2.75, 3.05) is 0 Å². The molecule has 0 bridgehead atoms. The van der Waals surface area contributed by atoms with Gasteiger partial charge < -0.3 is 19.3 Å². The summed E-state index contributed by atoms with van der Waals surface area (Å²) in [5.41, 5.74) is 6.12. The zero-order chi connectivity index (χ0) is 28.2. The molecule has 0 aliphatic rings. The van der Waals surface area contributed by atoms with E-state index in [1.807, 2.05) is 60.7 Å². The average Bonchev–Trinajstić information content (AvgIpc) is 3.01. The fourth-order valence-electron chi connectivity index (χ4n) is 5.12. The zero-order valence-electron chi connectivity index (χ0n) is 24.0. The summed E-state index contributed by atoms with van der Waals surface area (Å²) in [7, 11) is 0. The molecule has 210 valence electrons. The van der Waals surface area contributed by atoms with Gasteiger partial charge in [-0.2, -0.15) is 0 Å². The smallest absolute Gasteiger partial charge is 0.121 e. The SMILES string of the molecule is CCC(OCc1ccc(O)c(COC(CC)c2ccccc2)c1COC(CC)c1ccccc1)c1ccccc1. The van der Waals surface area contributed by atoms with E-state index in [1.165, 1.54) is 0 Å². The fraction of sp³-hybridized carbons (Fsp3) is 0.333. The Morgan fingerprint density at radius 3 is 1.25 bits per heavy atom. The highest BCUT2D eigenvalue weighted by atomic mass is 16.5. The number of ether oxygens (including phenoxy) is 3. The summed E-state index contributed by atoms with van der Waals surface area (Å²) in [6, 6.07) is 34.6. The number of phenols is 1. The molecule has 0 heterocycles. The maximum Gasteiger partial charge on any atom is 0.121 e. The van der Waals surface area contributed by atoms with Gasteiger partial charge in [-0.15, -0.1) is 0 Å². The molecule has 0 radical (unpaired) electrons. The van der Waals surface area contributed by atoms with Gasteiger partial charge in [-0.05, 0) is 53.1 Å². The van der Waals surface area contributed by atoms with E-state index in [4.69, 9.17) is 14.2 Å². The van der Waals surface area contributed by atoms with Crippen LogP contribution in [0.15, 0.2) is 103 Å². The maximum absolute atomic E-state index is 11.0. The lowest BCUT2D eigenvalue weighted by atomic mass is 10.00. The first kappa shape index (κ1) is 29.5. The van der Waals surface area contributed by atoms with Crippen LogP contribution < -0.4 is 0 Å². The highest BCUT2D eigenvalue weighted by molar-refractivity contribution is 5.44. The molecule has 0 amide bonds. The van der Waals surface area contributed by atoms with Gasteiger partial charge >= 0.3 is 0 Å². The van der Waals surface area contributed by atoms with Crippen LogP contribution in [0.5, 0.6) is 5.75 Å². The number of hydrogen-bond acceptors (Lipinski definition) is 4. The molecule has 0 saturated carbocycles. The van der Waals surface area contributed by atoms with Crippen LogP contribution in [-0.2, 0) is 34.0 Å². The van der Waals surface area contributed by atoms with Crippen molar-refractivity contribution in [3.05, 3.63) is 137 Å². The minimum atomic E-state index is -0.0652. The van der Waals surface area contributed by atoms with E-state index in [0.29, 0.717) is 13.2 Å². The first-order valence-electron chi connectivity index (χ1n) is 14.5. The van der Waals surface area contributed by atoms with Crippen LogP contribution in [0, 0.1) is 0 Å². The minimum Gasteiger partial charge on any atom is -0.508 e. The van der Waals surface area contributed by atoms with Gasteiger partial charge in [0, 0.05) is 5.56 Å². The Balaban J connectivity index is 1.60. The van der Waals surface area contributed by atoms with Gasteiger partial charge in [0.05, 0.1) is 38.1 Å². The Kier molecular flexibility index (Phi) is 11.4. The lowest BCUT2D eigenvalue weighted by Crippen LogP contribution is -2.12. The van der Waals surface area contributed by atoms with Crippen molar-refractivity contribution in [1.82, 2.24) is 0 Å². The molecule has 0 aromatic heterocycles. The summed E-state index contributed by atoms with van der Waals surface area (Å²) in [6.45, 7) is 7.43. The highest BCUT2D eigenvalue weighted by Crippen LogP contribution is 2.33. The van der Waals surface area contributed by atoms with Crippen molar-refractivity contribution < 1.29 is 19.3 Å². The van der Waals surface area contributed by atoms with Gasteiger partial charge in [0.15, 0.2) is 0 Å². The molecule has 3 unspecified atom stereocenters. The lowest BCUT2D eigenvalue weighted by molar-refractivity contribution is 0.0196. The van der Waals surface area contributed by atoms with Crippen molar-refractivity contribution in [2.45, 2.75) is 78.2 Å². The lowest BCUT2D eigenvalue weighted by Gasteiger charge is -2.24. The Morgan fingerprint density at radius 2 is 0.850 bits per heavy atom. The molecule has 1 N–H and O–H groups in total. The summed E-state index contributed by atoms with van der Waals surface area (Å²) in [4.78, 5) is 0. The van der Waals surface area contributed by atoms with Gasteiger partial charge in [0.2, 0.25) is 0 Å². The molecule has 4 rings (SSSR count). The molecule has 0 saturated heterocycles. The second kappa shape index (κ2) is 15.4. The average molecular weight is 539 g/mol. The van der Waals surface area contributed by atoms with Crippen LogP contribution in [0.3, 0.4) is 0 Å². The molecule has 0 fully saturated rings. The monoisotopic (exact) mass is 538 g/mol. The number of aromatic hydroxyl groups is 1. The van der Waals surface area contributed by atoms with Crippen LogP contribution in [0.1, 0.15) is 91.7 Å². The minimum absolute atomic E-state index is 0.0151. The van der Waals surface area contributed by atoms with Crippen molar-refractivity contribution in [3.8, 4) is 5.75 Å². The van der Waals surface area contributed by atoms with Crippen molar-refractivity contribution in [3.63, 3.8) is 0 Å². The van der Waals surface area contributed by atoms with E-state index in [0.717, 1.165) is 52.6 Å². The molecule has 40 heavy (non-hydrogen) atoms. The maximum atomic E-state index is 11.0. The number of phenolic OH excluding ortho intramolecular Hbond substituents is 1. The third kappa shape index (κ3) is 7.82. The van der Waals surface area contributed by atoms with Gasteiger partial charge in [-0.1, -0.05) is 118 Å². The second-order valence-electron chi connectivity index (χ2n) is 10.1. The first-order chi connectivity index (χ1) is 19.6. The van der Waals surface area contributed by atoms with Gasteiger partial charge in [-0.3, -0.25) is 0 Å². The molecular formula is C36H42O4. The predicted octanol–water partition coefficient (Wildman–Crippen LogP) is 9.40. The van der Waals surface area contributed by atoms with Crippen molar-refractivity contribution in [1.29, 1.82) is 0 Å². The van der Waals surface area contributed by atoms with Crippen LogP contribution in [-0.4, -0.2) is 5.11 Å². The molecule has 4 aromatic carbocycles. The summed E-state index contributed by atoms with van der Waals surface area (Å²) >= 11 is 0. The zero-order valence-corrected chi connectivity index (χ0v) is 24.0. The van der Waals surface area contributed by atoms with Gasteiger partial charge in [0.25, 0.3) is 0 Å². The molecule has 0 aliphatic heterocycles. The van der Waals surface area contributed by atoms with E-state index in [1.54, 1.807) is 6.07 Å². The number of rotatable bonds is 15. The summed E-state index contributed by atoms with van der Waals surface area (Å²) in [5, 5.41) is 11.0. The molecule has 0 aliphatic carbocycles. The van der Waals surface area contributed by atoms with E-state index >= 15 is 0 Å². The summed E-state index contributed by atoms with van der Waals surface area (Å²) in [6.07, 6.45) is 2.42. The highest BCUT2D eigenvalue weighted by Gasteiger charge is 2.20.